The number of ether oxygens (including phenoxy) is 1. The normalized spacial score (nSPS) is 28.5. The lowest BCUT2D eigenvalue weighted by molar-refractivity contribution is -0.180. The highest BCUT2D eigenvalue weighted by molar-refractivity contribution is 5.89. The fourth-order valence-electron chi connectivity index (χ4n) is 3.97. The van der Waals surface area contributed by atoms with Crippen molar-refractivity contribution in [2.45, 2.75) is 57.6 Å². The van der Waals surface area contributed by atoms with E-state index >= 15 is 0 Å². The van der Waals surface area contributed by atoms with E-state index in [1.165, 1.54) is 5.69 Å². The molecule has 25 heavy (non-hydrogen) atoms. The minimum Gasteiger partial charge on any atom is -0.378 e. The maximum absolute atomic E-state index is 13.0. The predicted molar refractivity (Wildman–Crippen MR) is 102 cm³/mol. The molecule has 1 saturated carbocycles. The Kier molecular flexibility index (Phi) is 7.33. The average Bonchev–Trinajstić information content (AvgIpc) is 3.08. The van der Waals surface area contributed by atoms with Crippen LogP contribution in [0.15, 0.2) is 12.3 Å². The summed E-state index contributed by atoms with van der Waals surface area (Å²) in [4.78, 5) is 14.9. The third-order valence-electron chi connectivity index (χ3n) is 5.96. The molecular weight excluding hydrogens is 363 g/mol. The zero-order valence-corrected chi connectivity index (χ0v) is 16.8. The molecule has 3 rings (SSSR count). The molecule has 0 bridgehead atoms. The van der Waals surface area contributed by atoms with Crippen molar-refractivity contribution >= 4 is 30.7 Å². The number of H-pyrrole nitrogens is 1. The molecule has 2 unspecified atom stereocenters. The van der Waals surface area contributed by atoms with E-state index in [0.29, 0.717) is 18.9 Å². The van der Waals surface area contributed by atoms with E-state index < -0.39 is 5.54 Å². The van der Waals surface area contributed by atoms with Crippen LogP contribution in [0.4, 0.5) is 0 Å². The lowest BCUT2D eigenvalue weighted by Gasteiger charge is -2.59. The lowest BCUT2D eigenvalue weighted by Crippen LogP contribution is -2.76. The van der Waals surface area contributed by atoms with Crippen LogP contribution in [-0.2, 0) is 9.53 Å². The van der Waals surface area contributed by atoms with Gasteiger partial charge in [0.25, 0.3) is 0 Å². The van der Waals surface area contributed by atoms with Gasteiger partial charge in [-0.15, -0.1) is 24.8 Å². The van der Waals surface area contributed by atoms with Gasteiger partial charge in [0, 0.05) is 49.3 Å². The molecule has 0 radical (unpaired) electrons. The minimum atomic E-state index is -0.798. The predicted octanol–water partition coefficient (Wildman–Crippen LogP) is 2.49. The van der Waals surface area contributed by atoms with Gasteiger partial charge in [-0.2, -0.15) is 5.10 Å². The van der Waals surface area contributed by atoms with Crippen molar-refractivity contribution in [2.75, 3.05) is 19.7 Å². The number of nitrogens with zero attached hydrogens (tertiary/aromatic N) is 2. The number of hydrogen-bond acceptors (Lipinski definition) is 4. The molecule has 6 nitrogen and oxygen atoms in total. The lowest BCUT2D eigenvalue weighted by atomic mass is 9.54. The van der Waals surface area contributed by atoms with E-state index in [2.05, 4.69) is 10.2 Å². The number of carbonyl (C=O) groups is 1. The summed E-state index contributed by atoms with van der Waals surface area (Å²) in [5.74, 6) is 0.544. The summed E-state index contributed by atoms with van der Waals surface area (Å²) < 4.78 is 5.73. The summed E-state index contributed by atoms with van der Waals surface area (Å²) in [5.41, 5.74) is 6.57. The zero-order valence-electron chi connectivity index (χ0n) is 15.2. The van der Waals surface area contributed by atoms with Gasteiger partial charge in [-0.25, -0.2) is 0 Å². The van der Waals surface area contributed by atoms with Crippen molar-refractivity contribution in [3.8, 4) is 0 Å². The Morgan fingerprint density at radius 1 is 1.40 bits per heavy atom. The van der Waals surface area contributed by atoms with Gasteiger partial charge in [0.1, 0.15) is 5.54 Å². The molecule has 1 aromatic heterocycles. The van der Waals surface area contributed by atoms with Crippen LogP contribution in [0.5, 0.6) is 0 Å². The Bertz CT molecular complexity index is 559. The van der Waals surface area contributed by atoms with Gasteiger partial charge in [-0.1, -0.05) is 13.8 Å². The van der Waals surface area contributed by atoms with Crippen LogP contribution in [-0.4, -0.2) is 52.3 Å². The molecule has 2 aliphatic rings. The van der Waals surface area contributed by atoms with Crippen molar-refractivity contribution in [1.29, 1.82) is 0 Å². The van der Waals surface area contributed by atoms with Crippen molar-refractivity contribution < 1.29 is 9.53 Å². The number of aromatic amines is 1. The van der Waals surface area contributed by atoms with Gasteiger partial charge < -0.3 is 15.4 Å². The van der Waals surface area contributed by atoms with Crippen LogP contribution in [0, 0.1) is 5.41 Å². The molecular formula is C17H30Cl2N4O2. The van der Waals surface area contributed by atoms with E-state index in [4.69, 9.17) is 10.5 Å². The molecule has 8 heteroatoms. The van der Waals surface area contributed by atoms with Crippen LogP contribution in [0.1, 0.15) is 51.6 Å². The van der Waals surface area contributed by atoms with Crippen molar-refractivity contribution in [3.63, 3.8) is 0 Å². The van der Waals surface area contributed by atoms with Crippen molar-refractivity contribution in [3.05, 3.63) is 18.0 Å². The minimum absolute atomic E-state index is 0. The Labute approximate surface area is 162 Å². The number of halogens is 2. The molecule has 2 fully saturated rings. The highest BCUT2D eigenvalue weighted by Gasteiger charge is 2.63. The number of amides is 1. The summed E-state index contributed by atoms with van der Waals surface area (Å²) in [6.07, 6.45) is 4.39. The number of likely N-dealkylation sites (tertiary alicyclic amines) is 1. The molecule has 1 amide bonds. The van der Waals surface area contributed by atoms with Crippen LogP contribution >= 0.6 is 24.8 Å². The van der Waals surface area contributed by atoms with E-state index in [-0.39, 0.29) is 42.2 Å². The molecule has 2 heterocycles. The number of aromatic nitrogens is 2. The van der Waals surface area contributed by atoms with Gasteiger partial charge in [0.15, 0.2) is 0 Å². The third-order valence-corrected chi connectivity index (χ3v) is 5.96. The summed E-state index contributed by atoms with van der Waals surface area (Å²) in [5, 5.41) is 7.06. The maximum atomic E-state index is 13.0. The van der Waals surface area contributed by atoms with Gasteiger partial charge in [0.2, 0.25) is 5.91 Å². The topological polar surface area (TPSA) is 84.2 Å². The zero-order chi connectivity index (χ0) is 16.7. The van der Waals surface area contributed by atoms with E-state index in [9.17, 15) is 4.79 Å². The van der Waals surface area contributed by atoms with Gasteiger partial charge in [0.05, 0.1) is 6.10 Å². The SMILES string of the molecule is CCOC1CC(N)(C(=O)N2CCC(c3ccn[nH]3)CC2)C1(C)C.Cl.Cl. The third kappa shape index (κ3) is 3.68. The molecule has 1 aliphatic heterocycles. The summed E-state index contributed by atoms with van der Waals surface area (Å²) >= 11 is 0. The summed E-state index contributed by atoms with van der Waals surface area (Å²) in [6.45, 7) is 8.26. The average molecular weight is 393 g/mol. The quantitative estimate of drug-likeness (QED) is 0.823. The molecule has 2 atom stereocenters. The second-order valence-corrected chi connectivity index (χ2v) is 7.42. The first-order valence-corrected chi connectivity index (χ1v) is 8.59. The number of rotatable bonds is 4. The molecule has 1 aliphatic carbocycles. The Balaban J connectivity index is 0.00000156. The second kappa shape index (κ2) is 8.25. The molecule has 1 aromatic rings. The summed E-state index contributed by atoms with van der Waals surface area (Å²) in [7, 11) is 0. The highest BCUT2D eigenvalue weighted by Crippen LogP contribution is 2.50. The smallest absolute Gasteiger partial charge is 0.243 e. The Morgan fingerprint density at radius 3 is 2.52 bits per heavy atom. The largest absolute Gasteiger partial charge is 0.378 e. The summed E-state index contributed by atoms with van der Waals surface area (Å²) in [6, 6.07) is 2.02. The number of nitrogens with one attached hydrogen (secondary N) is 1. The van der Waals surface area contributed by atoms with Crippen LogP contribution in [0.25, 0.3) is 0 Å². The maximum Gasteiger partial charge on any atom is 0.243 e. The van der Waals surface area contributed by atoms with Gasteiger partial charge in [-0.3, -0.25) is 9.89 Å². The number of nitrogens with two attached hydrogens (primary N) is 1. The van der Waals surface area contributed by atoms with E-state index in [1.807, 2.05) is 31.7 Å². The fourth-order valence-corrected chi connectivity index (χ4v) is 3.97. The monoisotopic (exact) mass is 392 g/mol. The van der Waals surface area contributed by atoms with Crippen molar-refractivity contribution in [1.82, 2.24) is 15.1 Å². The van der Waals surface area contributed by atoms with E-state index in [0.717, 1.165) is 25.9 Å². The standard InChI is InChI=1S/C17H28N4O2.2ClH/c1-4-23-14-11-17(18,16(14,2)3)15(22)21-9-6-12(7-10-21)13-5-8-19-20-13;;/h5,8,12,14H,4,6-7,9-11,18H2,1-3H3,(H,19,20);2*1H. The molecule has 144 valence electrons. The van der Waals surface area contributed by atoms with Crippen LogP contribution in [0.3, 0.4) is 0 Å². The first kappa shape index (κ1) is 22.2. The van der Waals surface area contributed by atoms with Gasteiger partial charge >= 0.3 is 0 Å². The first-order chi connectivity index (χ1) is 10.9. The fraction of sp³-hybridized carbons (Fsp3) is 0.765. The van der Waals surface area contributed by atoms with Crippen LogP contribution < -0.4 is 5.73 Å². The number of hydrogen-bond donors (Lipinski definition) is 2. The second-order valence-electron chi connectivity index (χ2n) is 7.42. The molecule has 0 spiro atoms. The van der Waals surface area contributed by atoms with Crippen molar-refractivity contribution in [2.24, 2.45) is 11.1 Å². The molecule has 3 N–H and O–H groups in total. The van der Waals surface area contributed by atoms with Gasteiger partial charge in [-0.05, 0) is 25.8 Å². The highest BCUT2D eigenvalue weighted by atomic mass is 35.5. The molecule has 1 saturated heterocycles. The first-order valence-electron chi connectivity index (χ1n) is 8.59. The number of piperidine rings is 1. The molecule has 0 aromatic carbocycles. The Morgan fingerprint density at radius 2 is 2.04 bits per heavy atom. The Hall–Kier alpha value is -0.820. The van der Waals surface area contributed by atoms with E-state index in [1.54, 1.807) is 6.20 Å². The number of carbonyl (C=O) groups excluding carboxylic acids is 1. The van der Waals surface area contributed by atoms with Crippen LogP contribution in [0.2, 0.25) is 0 Å².